The number of rotatable bonds is 3. The van der Waals surface area contributed by atoms with Crippen molar-refractivity contribution in [3.05, 3.63) is 23.8 Å². The summed E-state index contributed by atoms with van der Waals surface area (Å²) in [7, 11) is 0. The van der Waals surface area contributed by atoms with Gasteiger partial charge in [-0.2, -0.15) is 0 Å². The molecule has 0 bridgehead atoms. The number of hydrogen-bond acceptors (Lipinski definition) is 3. The molecule has 2 rings (SSSR count). The molecule has 2 heterocycles. The summed E-state index contributed by atoms with van der Waals surface area (Å²) in [5.41, 5.74) is 2.18. The molecule has 4 heteroatoms. The minimum atomic E-state index is 0.176. The molecule has 0 aliphatic carbocycles. The van der Waals surface area contributed by atoms with Gasteiger partial charge in [-0.05, 0) is 24.7 Å². The van der Waals surface area contributed by atoms with Crippen molar-refractivity contribution in [3.8, 4) is 0 Å². The molecule has 0 spiro atoms. The van der Waals surface area contributed by atoms with Gasteiger partial charge in [0.05, 0.1) is 11.4 Å². The van der Waals surface area contributed by atoms with Gasteiger partial charge in [-0.15, -0.1) is 0 Å². The van der Waals surface area contributed by atoms with Gasteiger partial charge in [0.1, 0.15) is 0 Å². The van der Waals surface area contributed by atoms with Gasteiger partial charge in [-0.3, -0.25) is 14.8 Å². The van der Waals surface area contributed by atoms with E-state index in [1.165, 1.54) is 0 Å². The summed E-state index contributed by atoms with van der Waals surface area (Å²) in [5.74, 6) is 1.49. The molecule has 4 nitrogen and oxygen atoms in total. The normalized spacial score (nSPS) is 24.5. The number of carbonyl (C=O) groups excluding carboxylic acids is 1. The van der Waals surface area contributed by atoms with E-state index in [0.29, 0.717) is 17.8 Å². The van der Waals surface area contributed by atoms with Crippen molar-refractivity contribution in [2.45, 2.75) is 52.4 Å². The summed E-state index contributed by atoms with van der Waals surface area (Å²) >= 11 is 0. The van der Waals surface area contributed by atoms with Crippen molar-refractivity contribution in [1.29, 1.82) is 0 Å². The van der Waals surface area contributed by atoms with E-state index in [1.54, 1.807) is 6.92 Å². The lowest BCUT2D eigenvalue weighted by Crippen LogP contribution is -2.41. The van der Waals surface area contributed by atoms with Gasteiger partial charge in [0.15, 0.2) is 0 Å². The van der Waals surface area contributed by atoms with Crippen molar-refractivity contribution < 1.29 is 4.79 Å². The third-order valence-electron chi connectivity index (χ3n) is 4.52. The lowest BCUT2D eigenvalue weighted by molar-refractivity contribution is -0.130. The summed E-state index contributed by atoms with van der Waals surface area (Å²) in [5, 5.41) is 0. The van der Waals surface area contributed by atoms with E-state index < -0.39 is 0 Å². The predicted molar refractivity (Wildman–Crippen MR) is 79.5 cm³/mol. The molecule has 1 aliphatic heterocycles. The standard InChI is InChI=1S/C16H25N3O/c1-5-11(2)15-8-17-9-16(18-15)14-6-7-19(13(4)20)10-12(14)3/h8-9,11-12,14H,5-7,10H2,1-4H3. The topological polar surface area (TPSA) is 46.1 Å². The minimum Gasteiger partial charge on any atom is -0.343 e. The molecular weight excluding hydrogens is 250 g/mol. The van der Waals surface area contributed by atoms with Gasteiger partial charge in [-0.1, -0.05) is 20.8 Å². The van der Waals surface area contributed by atoms with Crippen LogP contribution in [0.15, 0.2) is 12.4 Å². The Morgan fingerprint density at radius 1 is 1.50 bits per heavy atom. The number of amides is 1. The fraction of sp³-hybridized carbons (Fsp3) is 0.688. The molecule has 1 aliphatic rings. The first-order chi connectivity index (χ1) is 9.52. The average molecular weight is 275 g/mol. The van der Waals surface area contributed by atoms with Crippen LogP contribution in [0.2, 0.25) is 0 Å². The van der Waals surface area contributed by atoms with E-state index in [2.05, 4.69) is 25.8 Å². The molecular formula is C16H25N3O. The van der Waals surface area contributed by atoms with Crippen LogP contribution in [0.1, 0.15) is 63.8 Å². The van der Waals surface area contributed by atoms with Crippen LogP contribution in [-0.2, 0) is 4.79 Å². The molecule has 0 saturated carbocycles. The second-order valence-electron chi connectivity index (χ2n) is 6.02. The van der Waals surface area contributed by atoms with Crippen LogP contribution in [0, 0.1) is 5.92 Å². The molecule has 1 aromatic rings. The van der Waals surface area contributed by atoms with Crippen molar-refractivity contribution in [2.75, 3.05) is 13.1 Å². The van der Waals surface area contributed by atoms with Crippen LogP contribution in [0.25, 0.3) is 0 Å². The van der Waals surface area contributed by atoms with Crippen LogP contribution < -0.4 is 0 Å². The summed E-state index contributed by atoms with van der Waals surface area (Å²) in [6.07, 6.45) is 5.85. The molecule has 0 radical (unpaired) electrons. The summed E-state index contributed by atoms with van der Waals surface area (Å²) in [6.45, 7) is 9.88. The Morgan fingerprint density at radius 3 is 2.85 bits per heavy atom. The SMILES string of the molecule is CCC(C)c1cncc(C2CCN(C(C)=O)CC2C)n1. The monoisotopic (exact) mass is 275 g/mol. The van der Waals surface area contributed by atoms with Gasteiger partial charge in [-0.25, -0.2) is 0 Å². The Bertz CT molecular complexity index is 475. The van der Waals surface area contributed by atoms with E-state index in [1.807, 2.05) is 17.3 Å². The highest BCUT2D eigenvalue weighted by molar-refractivity contribution is 5.73. The van der Waals surface area contributed by atoms with Gasteiger partial charge < -0.3 is 4.90 Å². The Morgan fingerprint density at radius 2 is 2.25 bits per heavy atom. The largest absolute Gasteiger partial charge is 0.343 e. The van der Waals surface area contributed by atoms with Gasteiger partial charge >= 0.3 is 0 Å². The van der Waals surface area contributed by atoms with Crippen LogP contribution in [0.3, 0.4) is 0 Å². The van der Waals surface area contributed by atoms with Crippen LogP contribution in [0.4, 0.5) is 0 Å². The Hall–Kier alpha value is -1.45. The zero-order valence-corrected chi connectivity index (χ0v) is 13.0. The number of nitrogens with zero attached hydrogens (tertiary/aromatic N) is 3. The van der Waals surface area contributed by atoms with E-state index in [0.717, 1.165) is 37.3 Å². The molecule has 110 valence electrons. The highest BCUT2D eigenvalue weighted by atomic mass is 16.2. The lowest BCUT2D eigenvalue weighted by atomic mass is 9.84. The maximum Gasteiger partial charge on any atom is 0.219 e. The highest BCUT2D eigenvalue weighted by Crippen LogP contribution is 2.32. The second kappa shape index (κ2) is 6.33. The van der Waals surface area contributed by atoms with E-state index in [4.69, 9.17) is 4.98 Å². The van der Waals surface area contributed by atoms with Crippen molar-refractivity contribution in [2.24, 2.45) is 5.92 Å². The molecule has 1 amide bonds. The zero-order valence-electron chi connectivity index (χ0n) is 13.0. The van der Waals surface area contributed by atoms with Crippen molar-refractivity contribution >= 4 is 5.91 Å². The Kier molecular flexibility index (Phi) is 4.73. The Balaban J connectivity index is 2.14. The first-order valence-electron chi connectivity index (χ1n) is 7.60. The first kappa shape index (κ1) is 14.9. The lowest BCUT2D eigenvalue weighted by Gasteiger charge is -2.36. The molecule has 1 fully saturated rings. The summed E-state index contributed by atoms with van der Waals surface area (Å²) < 4.78 is 0. The molecule has 20 heavy (non-hydrogen) atoms. The fourth-order valence-corrected chi connectivity index (χ4v) is 2.89. The smallest absolute Gasteiger partial charge is 0.219 e. The van der Waals surface area contributed by atoms with Crippen LogP contribution >= 0.6 is 0 Å². The molecule has 1 aromatic heterocycles. The average Bonchev–Trinajstić information content (AvgIpc) is 2.46. The first-order valence-corrected chi connectivity index (χ1v) is 7.60. The molecule has 3 atom stereocenters. The zero-order chi connectivity index (χ0) is 14.7. The van der Waals surface area contributed by atoms with E-state index >= 15 is 0 Å². The summed E-state index contributed by atoms with van der Waals surface area (Å²) in [4.78, 5) is 22.6. The second-order valence-corrected chi connectivity index (χ2v) is 6.02. The predicted octanol–water partition coefficient (Wildman–Crippen LogP) is 2.96. The number of aromatic nitrogens is 2. The minimum absolute atomic E-state index is 0.176. The van der Waals surface area contributed by atoms with Crippen molar-refractivity contribution in [1.82, 2.24) is 14.9 Å². The number of carbonyl (C=O) groups is 1. The number of piperidine rings is 1. The fourth-order valence-electron chi connectivity index (χ4n) is 2.89. The number of likely N-dealkylation sites (tertiary alicyclic amines) is 1. The maximum absolute atomic E-state index is 11.5. The number of hydrogen-bond donors (Lipinski definition) is 0. The molecule has 0 aromatic carbocycles. The third kappa shape index (κ3) is 3.17. The molecule has 1 saturated heterocycles. The third-order valence-corrected chi connectivity index (χ3v) is 4.52. The van der Waals surface area contributed by atoms with Crippen LogP contribution in [-0.4, -0.2) is 33.9 Å². The Labute approximate surface area is 121 Å². The van der Waals surface area contributed by atoms with E-state index in [-0.39, 0.29) is 5.91 Å². The van der Waals surface area contributed by atoms with Gasteiger partial charge in [0, 0.05) is 38.3 Å². The van der Waals surface area contributed by atoms with E-state index in [9.17, 15) is 4.79 Å². The van der Waals surface area contributed by atoms with Gasteiger partial charge in [0.2, 0.25) is 5.91 Å². The maximum atomic E-state index is 11.5. The van der Waals surface area contributed by atoms with Gasteiger partial charge in [0.25, 0.3) is 0 Å². The quantitative estimate of drug-likeness (QED) is 0.852. The highest BCUT2D eigenvalue weighted by Gasteiger charge is 2.29. The molecule has 0 N–H and O–H groups in total. The van der Waals surface area contributed by atoms with Crippen LogP contribution in [0.5, 0.6) is 0 Å². The summed E-state index contributed by atoms with van der Waals surface area (Å²) in [6, 6.07) is 0. The molecule has 3 unspecified atom stereocenters. The van der Waals surface area contributed by atoms with Crippen molar-refractivity contribution in [3.63, 3.8) is 0 Å².